The van der Waals surface area contributed by atoms with Gasteiger partial charge in [0, 0.05) is 31.8 Å². The summed E-state index contributed by atoms with van der Waals surface area (Å²) in [5.41, 5.74) is 2.89. The third kappa shape index (κ3) is 10.9. The molecule has 0 bridgehead atoms. The van der Waals surface area contributed by atoms with Crippen LogP contribution in [0.5, 0.6) is 5.75 Å². The number of barbiturate groups is 1. The van der Waals surface area contributed by atoms with Crippen molar-refractivity contribution < 1.29 is 41.9 Å². The number of amides is 4. The lowest BCUT2D eigenvalue weighted by molar-refractivity contribution is -0.143. The molecular weight excluding hydrogens is 707 g/mol. The van der Waals surface area contributed by atoms with Crippen LogP contribution < -0.4 is 9.46 Å². The Morgan fingerprint density at radius 3 is 1.89 bits per heavy atom. The molecule has 3 aromatic rings. The van der Waals surface area contributed by atoms with Crippen molar-refractivity contribution in [3.05, 3.63) is 103 Å². The van der Waals surface area contributed by atoms with Crippen molar-refractivity contribution in [2.45, 2.75) is 37.1 Å². The summed E-state index contributed by atoms with van der Waals surface area (Å²) in [6, 6.07) is 16.8. The van der Waals surface area contributed by atoms with Crippen molar-refractivity contribution in [1.29, 1.82) is 0 Å². The number of carbonyl (C=O) groups excluding carboxylic acids is 5. The largest absolute Gasteiger partial charge is 0.462 e. The first-order valence-corrected chi connectivity index (χ1v) is 17.6. The van der Waals surface area contributed by atoms with Gasteiger partial charge in [0.1, 0.15) is 5.75 Å². The van der Waals surface area contributed by atoms with Gasteiger partial charge in [-0.15, -0.1) is 0 Å². The van der Waals surface area contributed by atoms with Crippen LogP contribution >= 0.6 is 0 Å². The molecule has 0 spiro atoms. The fourth-order valence-electron chi connectivity index (χ4n) is 4.45. The molecule has 276 valence electrons. The second-order valence-corrected chi connectivity index (χ2v) is 13.5. The zero-order valence-electron chi connectivity index (χ0n) is 29.2. The molecule has 0 radical (unpaired) electrons. The average Bonchev–Trinajstić information content (AvgIpc) is 3.15. The minimum absolute atomic E-state index is 0.00488. The summed E-state index contributed by atoms with van der Waals surface area (Å²) in [6.45, 7) is 8.88. The van der Waals surface area contributed by atoms with E-state index in [1.54, 1.807) is 43.3 Å². The van der Waals surface area contributed by atoms with E-state index >= 15 is 0 Å². The molecule has 1 aliphatic heterocycles. The number of rotatable bonds is 16. The molecular formula is C36H37N7O9S. The quantitative estimate of drug-likeness (QED) is 0.0491. The summed E-state index contributed by atoms with van der Waals surface area (Å²) in [5, 5.41) is 16.0. The Morgan fingerprint density at radius 1 is 0.792 bits per heavy atom. The first-order chi connectivity index (χ1) is 25.2. The summed E-state index contributed by atoms with van der Waals surface area (Å²) in [6.07, 6.45) is 1.09. The van der Waals surface area contributed by atoms with Crippen molar-refractivity contribution in [3.8, 4) is 5.75 Å². The van der Waals surface area contributed by atoms with Gasteiger partial charge < -0.3 is 9.47 Å². The number of aryl methyl sites for hydroxylation is 1. The summed E-state index contributed by atoms with van der Waals surface area (Å²) in [4.78, 5) is 61.9. The van der Waals surface area contributed by atoms with E-state index < -0.39 is 45.8 Å². The molecule has 1 fully saturated rings. The van der Waals surface area contributed by atoms with Crippen LogP contribution in [0.4, 0.5) is 21.9 Å². The minimum Gasteiger partial charge on any atom is -0.462 e. The number of likely N-dealkylation sites (N-methyl/N-ethyl adjacent to an activating group) is 2. The van der Waals surface area contributed by atoms with Gasteiger partial charge in [-0.1, -0.05) is 25.3 Å². The number of ether oxygens (including phenoxy) is 2. The molecule has 1 N–H and O–H groups in total. The summed E-state index contributed by atoms with van der Waals surface area (Å²) < 4.78 is 38.2. The van der Waals surface area contributed by atoms with Gasteiger partial charge >= 0.3 is 18.0 Å². The normalized spacial score (nSPS) is 13.9. The molecule has 0 atom stereocenters. The molecule has 1 heterocycles. The summed E-state index contributed by atoms with van der Waals surface area (Å²) >= 11 is 0. The maximum atomic E-state index is 12.7. The number of urea groups is 1. The second kappa shape index (κ2) is 17.8. The third-order valence-corrected chi connectivity index (χ3v) is 9.08. The molecule has 16 nitrogen and oxygen atoms in total. The SMILES string of the molecule is C=C(C)C(=O)Oc1ccc(N=Nc2ccc(CCC(=C)C(=O)OCCCNS(=O)(=O)c3ccc(N=NC4C(=O)N(C)C(=O)N(C)C4=O)cc3)cc2)cc1. The second-order valence-electron chi connectivity index (χ2n) is 11.7. The molecule has 0 aliphatic carbocycles. The van der Waals surface area contributed by atoms with Gasteiger partial charge in [0.15, 0.2) is 0 Å². The van der Waals surface area contributed by atoms with Gasteiger partial charge in [0.05, 0.1) is 28.6 Å². The number of imide groups is 2. The molecule has 3 aromatic carbocycles. The van der Waals surface area contributed by atoms with Crippen molar-refractivity contribution in [3.63, 3.8) is 0 Å². The van der Waals surface area contributed by atoms with Crippen molar-refractivity contribution in [2.75, 3.05) is 27.2 Å². The highest BCUT2D eigenvalue weighted by Gasteiger charge is 2.42. The molecule has 4 rings (SSSR count). The van der Waals surface area contributed by atoms with E-state index in [0.29, 0.717) is 35.5 Å². The number of esters is 2. The monoisotopic (exact) mass is 743 g/mol. The Labute approximate surface area is 305 Å². The van der Waals surface area contributed by atoms with E-state index in [0.717, 1.165) is 15.4 Å². The first-order valence-electron chi connectivity index (χ1n) is 16.1. The van der Waals surface area contributed by atoms with Crippen molar-refractivity contribution in [2.24, 2.45) is 20.5 Å². The van der Waals surface area contributed by atoms with Gasteiger partial charge in [0.2, 0.25) is 16.1 Å². The number of sulfonamides is 1. The van der Waals surface area contributed by atoms with Gasteiger partial charge in [-0.25, -0.2) is 27.5 Å². The van der Waals surface area contributed by atoms with E-state index in [-0.39, 0.29) is 35.7 Å². The zero-order chi connectivity index (χ0) is 38.7. The topological polar surface area (TPSA) is 206 Å². The number of hydrogen-bond acceptors (Lipinski definition) is 13. The Bertz CT molecular complexity index is 2040. The van der Waals surface area contributed by atoms with Crippen LogP contribution in [0.25, 0.3) is 0 Å². The van der Waals surface area contributed by atoms with Gasteiger partial charge in [-0.05, 0) is 92.4 Å². The van der Waals surface area contributed by atoms with E-state index in [9.17, 15) is 32.4 Å². The lowest BCUT2D eigenvalue weighted by Crippen LogP contribution is -2.58. The van der Waals surface area contributed by atoms with Crippen molar-refractivity contribution in [1.82, 2.24) is 14.5 Å². The number of carbonyl (C=O) groups is 5. The minimum atomic E-state index is -3.91. The Hall–Kier alpha value is -6.20. The molecule has 1 saturated heterocycles. The van der Waals surface area contributed by atoms with Gasteiger partial charge in [-0.3, -0.25) is 19.4 Å². The maximum absolute atomic E-state index is 12.7. The third-order valence-electron chi connectivity index (χ3n) is 7.60. The molecule has 4 amide bonds. The lowest BCUT2D eigenvalue weighted by Gasteiger charge is -2.30. The van der Waals surface area contributed by atoms with Crippen molar-refractivity contribution >= 4 is 56.9 Å². The predicted molar refractivity (Wildman–Crippen MR) is 191 cm³/mol. The van der Waals surface area contributed by atoms with E-state index in [1.807, 2.05) is 12.1 Å². The zero-order valence-corrected chi connectivity index (χ0v) is 30.0. The first kappa shape index (κ1) is 39.6. The number of hydrogen-bond donors (Lipinski definition) is 1. The van der Waals surface area contributed by atoms with Crippen LogP contribution in [0.15, 0.2) is 122 Å². The fourth-order valence-corrected chi connectivity index (χ4v) is 5.52. The van der Waals surface area contributed by atoms with Crippen LogP contribution in [0.3, 0.4) is 0 Å². The van der Waals surface area contributed by atoms with Crippen LogP contribution in [0.2, 0.25) is 0 Å². The molecule has 0 saturated carbocycles. The highest BCUT2D eigenvalue weighted by molar-refractivity contribution is 7.89. The molecule has 1 aliphatic rings. The van der Waals surface area contributed by atoms with Crippen LogP contribution in [0, 0.1) is 0 Å². The predicted octanol–water partition coefficient (Wildman–Crippen LogP) is 5.49. The maximum Gasteiger partial charge on any atom is 0.338 e. The van der Waals surface area contributed by atoms with E-state index in [2.05, 4.69) is 38.3 Å². The van der Waals surface area contributed by atoms with E-state index in [4.69, 9.17) is 9.47 Å². The Kier molecular flexibility index (Phi) is 13.3. The summed E-state index contributed by atoms with van der Waals surface area (Å²) in [7, 11) is -1.46. The number of nitrogens with zero attached hydrogens (tertiary/aromatic N) is 6. The Balaban J connectivity index is 1.15. The lowest BCUT2D eigenvalue weighted by atomic mass is 10.1. The van der Waals surface area contributed by atoms with Crippen LogP contribution in [-0.4, -0.2) is 81.3 Å². The number of benzene rings is 3. The van der Waals surface area contributed by atoms with Gasteiger partial charge in [0.25, 0.3) is 11.8 Å². The number of nitrogens with one attached hydrogen (secondary N) is 1. The highest BCUT2D eigenvalue weighted by Crippen LogP contribution is 2.23. The average molecular weight is 744 g/mol. The number of azo groups is 2. The Morgan fingerprint density at radius 2 is 1.32 bits per heavy atom. The van der Waals surface area contributed by atoms with Gasteiger partial charge in [-0.2, -0.15) is 20.5 Å². The molecule has 17 heteroatoms. The smallest absolute Gasteiger partial charge is 0.338 e. The summed E-state index contributed by atoms with van der Waals surface area (Å²) in [5.74, 6) is -2.36. The standard InChI is InChI=1S/C36H37N7O9S/c1-23(2)34(46)52-29-17-13-27(14-18-29)39-38-26-11-9-25(10-12-26)8-7-24(3)35(47)51-22-6-21-37-53(49,50)30-19-15-28(16-20-30)40-41-31-32(44)42(4)36(48)43(5)33(31)45/h9-20,31,37H,1,3,6-8,21-22H2,2,4-5H3. The molecule has 0 aromatic heterocycles. The molecule has 53 heavy (non-hydrogen) atoms. The highest BCUT2D eigenvalue weighted by atomic mass is 32.2. The van der Waals surface area contributed by atoms with E-state index in [1.165, 1.54) is 38.4 Å². The fraction of sp³-hybridized carbons (Fsp3) is 0.250. The molecule has 0 unspecified atom stereocenters. The van der Waals surface area contributed by atoms with Crippen LogP contribution in [0.1, 0.15) is 25.3 Å². The van der Waals surface area contributed by atoms with Crippen LogP contribution in [-0.2, 0) is 40.4 Å².